The number of carbonyl (C=O) groups is 2. The predicted molar refractivity (Wildman–Crippen MR) is 87.6 cm³/mol. The van der Waals surface area contributed by atoms with Crippen LogP contribution in [-0.2, 0) is 14.3 Å². The molecule has 1 amide bonds. The smallest absolute Gasteiger partial charge is 0.323 e. The van der Waals surface area contributed by atoms with Crippen LogP contribution in [0.3, 0.4) is 0 Å². The summed E-state index contributed by atoms with van der Waals surface area (Å²) in [7, 11) is 1.48. The number of halogens is 1. The molecule has 0 radical (unpaired) electrons. The molecule has 0 atom stereocenters. The molecule has 1 aliphatic rings. The Balaban J connectivity index is 2.11. The van der Waals surface area contributed by atoms with E-state index in [4.69, 9.17) is 30.9 Å². The normalized spacial score (nSPS) is 13.1. The molecule has 0 aromatic heterocycles. The number of amides is 1. The first-order valence-corrected chi connectivity index (χ1v) is 7.66. The highest BCUT2D eigenvalue weighted by Gasteiger charge is 2.17. The van der Waals surface area contributed by atoms with E-state index in [-0.39, 0.29) is 13.2 Å². The molecular weight excluding hydrogens is 338 g/mol. The minimum atomic E-state index is -1.09. The van der Waals surface area contributed by atoms with Crippen molar-refractivity contribution in [2.24, 2.45) is 0 Å². The van der Waals surface area contributed by atoms with E-state index < -0.39 is 18.4 Å². The van der Waals surface area contributed by atoms with E-state index in [9.17, 15) is 9.59 Å². The molecule has 1 aromatic carbocycles. The van der Waals surface area contributed by atoms with Gasteiger partial charge >= 0.3 is 5.97 Å². The van der Waals surface area contributed by atoms with Crippen LogP contribution in [0.25, 0.3) is 6.08 Å². The van der Waals surface area contributed by atoms with E-state index >= 15 is 0 Å². The maximum Gasteiger partial charge on any atom is 0.323 e. The largest absolute Gasteiger partial charge is 0.486 e. The van der Waals surface area contributed by atoms with E-state index in [1.54, 1.807) is 18.2 Å². The number of carbonyl (C=O) groups excluding carboxylic acids is 1. The Bertz CT molecular complexity index is 646. The molecule has 1 aliphatic heterocycles. The van der Waals surface area contributed by atoms with Gasteiger partial charge in [0.25, 0.3) is 0 Å². The molecular formula is C16H18ClNO6. The monoisotopic (exact) mass is 355 g/mol. The van der Waals surface area contributed by atoms with Gasteiger partial charge in [-0.2, -0.15) is 0 Å². The zero-order chi connectivity index (χ0) is 17.5. The molecule has 0 aliphatic carbocycles. The second-order valence-electron chi connectivity index (χ2n) is 5.01. The molecule has 0 spiro atoms. The van der Waals surface area contributed by atoms with Crippen molar-refractivity contribution in [1.29, 1.82) is 0 Å². The van der Waals surface area contributed by atoms with E-state index in [1.165, 1.54) is 18.1 Å². The van der Waals surface area contributed by atoms with Crippen molar-refractivity contribution < 1.29 is 28.9 Å². The maximum absolute atomic E-state index is 12.2. The molecule has 0 unspecified atom stereocenters. The van der Waals surface area contributed by atoms with E-state index in [0.29, 0.717) is 35.3 Å². The van der Waals surface area contributed by atoms with Crippen molar-refractivity contribution >= 4 is 29.6 Å². The Morgan fingerprint density at radius 3 is 2.83 bits per heavy atom. The van der Waals surface area contributed by atoms with Crippen molar-refractivity contribution in [1.82, 2.24) is 4.90 Å². The molecule has 0 bridgehead atoms. The van der Waals surface area contributed by atoms with Gasteiger partial charge in [-0.15, -0.1) is 0 Å². The van der Waals surface area contributed by atoms with Crippen LogP contribution in [0.2, 0.25) is 5.02 Å². The fourth-order valence-corrected chi connectivity index (χ4v) is 2.41. The summed E-state index contributed by atoms with van der Waals surface area (Å²) in [6.07, 6.45) is 2.84. The van der Waals surface area contributed by atoms with Crippen LogP contribution in [0.15, 0.2) is 18.2 Å². The second kappa shape index (κ2) is 8.56. The van der Waals surface area contributed by atoms with Gasteiger partial charge in [0.2, 0.25) is 5.91 Å². The van der Waals surface area contributed by atoms with Crippen LogP contribution in [0, 0.1) is 0 Å². The van der Waals surface area contributed by atoms with Gasteiger partial charge in [-0.3, -0.25) is 9.59 Å². The summed E-state index contributed by atoms with van der Waals surface area (Å²) in [5, 5.41) is 9.27. The highest BCUT2D eigenvalue weighted by molar-refractivity contribution is 6.32. The molecule has 2 rings (SSSR count). The van der Waals surface area contributed by atoms with E-state index in [2.05, 4.69) is 0 Å². The predicted octanol–water partition coefficient (Wildman–Crippen LogP) is 1.68. The Morgan fingerprint density at radius 1 is 1.38 bits per heavy atom. The lowest BCUT2D eigenvalue weighted by Gasteiger charge is -2.20. The number of aliphatic carboxylic acids is 1. The average molecular weight is 356 g/mol. The SMILES string of the molecule is COCCN(CC(=O)O)C(=O)C=Cc1cc(Cl)c2c(c1)OCCO2. The molecule has 0 saturated heterocycles. The van der Waals surface area contributed by atoms with E-state index in [1.807, 2.05) is 0 Å². The van der Waals surface area contributed by atoms with Crippen LogP contribution in [0.5, 0.6) is 11.5 Å². The molecule has 0 fully saturated rings. The van der Waals surface area contributed by atoms with Gasteiger partial charge in [-0.25, -0.2) is 0 Å². The van der Waals surface area contributed by atoms with Gasteiger partial charge in [-0.05, 0) is 23.8 Å². The van der Waals surface area contributed by atoms with Crippen molar-refractivity contribution in [2.45, 2.75) is 0 Å². The number of carboxylic acid groups (broad SMARTS) is 1. The quantitative estimate of drug-likeness (QED) is 0.749. The molecule has 8 heteroatoms. The summed E-state index contributed by atoms with van der Waals surface area (Å²) >= 11 is 6.13. The number of carboxylic acids is 1. The number of fused-ring (bicyclic) bond motifs is 1. The van der Waals surface area contributed by atoms with Crippen molar-refractivity contribution in [3.05, 3.63) is 28.8 Å². The summed E-state index contributed by atoms with van der Waals surface area (Å²) in [6, 6.07) is 3.36. The lowest BCUT2D eigenvalue weighted by atomic mass is 10.1. The summed E-state index contributed by atoms with van der Waals surface area (Å²) in [4.78, 5) is 24.2. The zero-order valence-electron chi connectivity index (χ0n) is 13.2. The second-order valence-corrected chi connectivity index (χ2v) is 5.41. The number of hydrogen-bond donors (Lipinski definition) is 1. The Hall–Kier alpha value is -2.25. The molecule has 7 nitrogen and oxygen atoms in total. The number of ether oxygens (including phenoxy) is 3. The number of rotatable bonds is 7. The van der Waals surface area contributed by atoms with Crippen LogP contribution in [0.1, 0.15) is 5.56 Å². The highest BCUT2D eigenvalue weighted by Crippen LogP contribution is 2.38. The maximum atomic E-state index is 12.2. The minimum absolute atomic E-state index is 0.188. The fraction of sp³-hybridized carbons (Fsp3) is 0.375. The summed E-state index contributed by atoms with van der Waals surface area (Å²) in [5.74, 6) is -0.516. The third-order valence-corrected chi connectivity index (χ3v) is 3.52. The molecule has 1 aromatic rings. The standard InChI is InChI=1S/C16H18ClNO6/c1-22-5-4-18(10-15(20)21)14(19)3-2-11-8-12(17)16-13(9-11)23-6-7-24-16/h2-3,8-9H,4-7,10H2,1H3,(H,20,21). The van der Waals surface area contributed by atoms with Gasteiger partial charge in [0.1, 0.15) is 19.8 Å². The van der Waals surface area contributed by atoms with Gasteiger partial charge < -0.3 is 24.2 Å². The first-order valence-electron chi connectivity index (χ1n) is 7.28. The molecule has 1 heterocycles. The number of methoxy groups -OCH3 is 1. The van der Waals surface area contributed by atoms with Crippen LogP contribution < -0.4 is 9.47 Å². The van der Waals surface area contributed by atoms with Gasteiger partial charge in [-0.1, -0.05) is 11.6 Å². The zero-order valence-corrected chi connectivity index (χ0v) is 13.9. The number of hydrogen-bond acceptors (Lipinski definition) is 5. The summed E-state index contributed by atoms with van der Waals surface area (Å²) in [5.41, 5.74) is 0.652. The Labute approximate surface area is 144 Å². The van der Waals surface area contributed by atoms with Crippen LogP contribution >= 0.6 is 11.6 Å². The van der Waals surface area contributed by atoms with Crippen molar-refractivity contribution in [2.75, 3.05) is 40.0 Å². The fourth-order valence-electron chi connectivity index (χ4n) is 2.13. The lowest BCUT2D eigenvalue weighted by molar-refractivity contribution is -0.143. The highest BCUT2D eigenvalue weighted by atomic mass is 35.5. The first kappa shape index (κ1) is 18.1. The van der Waals surface area contributed by atoms with Crippen LogP contribution in [0.4, 0.5) is 0 Å². The average Bonchev–Trinajstić information content (AvgIpc) is 2.56. The van der Waals surface area contributed by atoms with Crippen molar-refractivity contribution in [3.63, 3.8) is 0 Å². The molecule has 0 saturated carbocycles. The lowest BCUT2D eigenvalue weighted by Crippen LogP contribution is -2.36. The summed E-state index contributed by atoms with van der Waals surface area (Å²) in [6.45, 7) is 0.911. The third kappa shape index (κ3) is 4.87. The molecule has 130 valence electrons. The number of benzene rings is 1. The Morgan fingerprint density at radius 2 is 2.12 bits per heavy atom. The third-order valence-electron chi connectivity index (χ3n) is 3.24. The van der Waals surface area contributed by atoms with Gasteiger partial charge in [0.05, 0.1) is 11.6 Å². The first-order chi connectivity index (χ1) is 11.5. The topological polar surface area (TPSA) is 85.3 Å². The van der Waals surface area contributed by atoms with Crippen molar-refractivity contribution in [3.8, 4) is 11.5 Å². The molecule has 1 N–H and O–H groups in total. The van der Waals surface area contributed by atoms with E-state index in [0.717, 1.165) is 0 Å². The molecule has 24 heavy (non-hydrogen) atoms. The van der Waals surface area contributed by atoms with Crippen LogP contribution in [-0.4, -0.2) is 61.9 Å². The summed E-state index contributed by atoms with van der Waals surface area (Å²) < 4.78 is 15.8. The number of nitrogens with zero attached hydrogens (tertiary/aromatic N) is 1. The van der Waals surface area contributed by atoms with Gasteiger partial charge in [0, 0.05) is 19.7 Å². The Kier molecular flexibility index (Phi) is 6.45. The minimum Gasteiger partial charge on any atom is -0.486 e. The van der Waals surface area contributed by atoms with Gasteiger partial charge in [0.15, 0.2) is 11.5 Å².